The summed E-state index contributed by atoms with van der Waals surface area (Å²) in [5, 5.41) is 16.4. The molecule has 4 aromatic rings. The van der Waals surface area contributed by atoms with Crippen LogP contribution in [0.4, 0.5) is 20.2 Å². The zero-order valence-electron chi connectivity index (χ0n) is 12.6. The van der Waals surface area contributed by atoms with Crippen LogP contribution in [0.3, 0.4) is 0 Å². The standard InChI is InChI=1S/C18H12F2N2OS/c1-9-8-24-18-5-11-14(2-3-21-15(11)4-10(9)18)22-16-7-17(23)13(20)6-12(16)19/h2-8,23H,1H3,(H,21,22). The predicted octanol–water partition coefficient (Wildman–Crippen LogP) is 5.49. The van der Waals surface area contributed by atoms with E-state index in [0.29, 0.717) is 11.8 Å². The molecule has 2 aromatic heterocycles. The largest absolute Gasteiger partial charge is 0.505 e. The number of halogens is 2. The number of anilines is 2. The van der Waals surface area contributed by atoms with Crippen molar-refractivity contribution in [2.24, 2.45) is 0 Å². The van der Waals surface area contributed by atoms with Gasteiger partial charge in [0.25, 0.3) is 0 Å². The van der Waals surface area contributed by atoms with Gasteiger partial charge in [-0.2, -0.15) is 0 Å². The van der Waals surface area contributed by atoms with Crippen LogP contribution in [0.5, 0.6) is 5.75 Å². The second kappa shape index (κ2) is 5.42. The summed E-state index contributed by atoms with van der Waals surface area (Å²) in [4.78, 5) is 4.37. The minimum Gasteiger partial charge on any atom is -0.505 e. The number of nitrogens with zero attached hydrogens (tertiary/aromatic N) is 1. The first-order valence-electron chi connectivity index (χ1n) is 7.24. The lowest BCUT2D eigenvalue weighted by atomic mass is 10.1. The molecule has 120 valence electrons. The van der Waals surface area contributed by atoms with Gasteiger partial charge >= 0.3 is 0 Å². The summed E-state index contributed by atoms with van der Waals surface area (Å²) >= 11 is 1.63. The zero-order chi connectivity index (χ0) is 16.8. The average molecular weight is 342 g/mol. The molecule has 0 spiro atoms. The van der Waals surface area contributed by atoms with Gasteiger partial charge in [-0.25, -0.2) is 8.78 Å². The van der Waals surface area contributed by atoms with Gasteiger partial charge < -0.3 is 10.4 Å². The predicted molar refractivity (Wildman–Crippen MR) is 93.2 cm³/mol. The first-order chi connectivity index (χ1) is 11.5. The van der Waals surface area contributed by atoms with Crippen LogP contribution >= 0.6 is 11.3 Å². The van der Waals surface area contributed by atoms with Crippen molar-refractivity contribution in [1.82, 2.24) is 4.98 Å². The van der Waals surface area contributed by atoms with Gasteiger partial charge in [0.05, 0.1) is 11.2 Å². The Balaban J connectivity index is 1.87. The van der Waals surface area contributed by atoms with E-state index in [0.717, 1.165) is 27.1 Å². The Morgan fingerprint density at radius 2 is 1.88 bits per heavy atom. The molecule has 0 radical (unpaired) electrons. The lowest BCUT2D eigenvalue weighted by molar-refractivity contribution is 0.428. The number of aryl methyl sites for hydroxylation is 1. The highest BCUT2D eigenvalue weighted by molar-refractivity contribution is 7.17. The number of fused-ring (bicyclic) bond motifs is 2. The minimum atomic E-state index is -0.992. The van der Waals surface area contributed by atoms with E-state index in [1.165, 1.54) is 5.56 Å². The molecule has 0 aliphatic carbocycles. The second-order valence-electron chi connectivity index (χ2n) is 5.55. The SMILES string of the molecule is Cc1csc2cc3c(Nc4cc(O)c(F)cc4F)ccnc3cc12. The lowest BCUT2D eigenvalue weighted by Crippen LogP contribution is -1.96. The van der Waals surface area contributed by atoms with E-state index in [9.17, 15) is 13.9 Å². The van der Waals surface area contributed by atoms with Crippen molar-refractivity contribution in [3.8, 4) is 5.75 Å². The molecular formula is C18H12F2N2OS. The van der Waals surface area contributed by atoms with E-state index < -0.39 is 17.4 Å². The third-order valence-electron chi connectivity index (χ3n) is 3.94. The average Bonchev–Trinajstić information content (AvgIpc) is 2.92. The van der Waals surface area contributed by atoms with Crippen LogP contribution in [-0.2, 0) is 0 Å². The maximum absolute atomic E-state index is 13.9. The molecular weight excluding hydrogens is 330 g/mol. The van der Waals surface area contributed by atoms with E-state index >= 15 is 0 Å². The van der Waals surface area contributed by atoms with E-state index in [4.69, 9.17) is 0 Å². The summed E-state index contributed by atoms with van der Waals surface area (Å²) in [5.41, 5.74) is 2.61. The van der Waals surface area contributed by atoms with Crippen LogP contribution < -0.4 is 5.32 Å². The van der Waals surface area contributed by atoms with Gasteiger partial charge in [0, 0.05) is 34.1 Å². The molecule has 4 rings (SSSR count). The Bertz CT molecular complexity index is 1090. The third kappa shape index (κ3) is 2.35. The van der Waals surface area contributed by atoms with E-state index in [1.807, 2.05) is 19.1 Å². The van der Waals surface area contributed by atoms with Crippen LogP contribution in [0.15, 0.2) is 41.9 Å². The number of rotatable bonds is 2. The summed E-state index contributed by atoms with van der Waals surface area (Å²) in [7, 11) is 0. The molecule has 24 heavy (non-hydrogen) atoms. The number of hydrogen-bond acceptors (Lipinski definition) is 4. The highest BCUT2D eigenvalue weighted by Gasteiger charge is 2.12. The van der Waals surface area contributed by atoms with Crippen LogP contribution in [0.2, 0.25) is 0 Å². The maximum Gasteiger partial charge on any atom is 0.167 e. The number of hydrogen-bond donors (Lipinski definition) is 2. The van der Waals surface area contributed by atoms with Crippen molar-refractivity contribution in [1.29, 1.82) is 0 Å². The van der Waals surface area contributed by atoms with Crippen molar-refractivity contribution in [2.45, 2.75) is 6.92 Å². The number of thiophene rings is 1. The molecule has 2 heterocycles. The van der Waals surface area contributed by atoms with Gasteiger partial charge in [-0.3, -0.25) is 4.98 Å². The molecule has 0 bridgehead atoms. The Morgan fingerprint density at radius 3 is 2.71 bits per heavy atom. The molecule has 2 aromatic carbocycles. The molecule has 0 aliphatic rings. The van der Waals surface area contributed by atoms with Crippen LogP contribution in [0, 0.1) is 18.6 Å². The molecule has 3 nitrogen and oxygen atoms in total. The van der Waals surface area contributed by atoms with Gasteiger partial charge in [-0.1, -0.05) is 0 Å². The molecule has 0 amide bonds. The van der Waals surface area contributed by atoms with Gasteiger partial charge in [0.2, 0.25) is 0 Å². The number of pyridine rings is 1. The first kappa shape index (κ1) is 14.8. The fourth-order valence-electron chi connectivity index (χ4n) is 2.68. The first-order valence-corrected chi connectivity index (χ1v) is 8.12. The Kier molecular flexibility index (Phi) is 3.35. The molecule has 0 fully saturated rings. The Morgan fingerprint density at radius 1 is 1.04 bits per heavy atom. The number of phenols is 1. The van der Waals surface area contributed by atoms with Gasteiger partial charge in [-0.15, -0.1) is 11.3 Å². The summed E-state index contributed by atoms with van der Waals surface area (Å²) in [5.74, 6) is -2.37. The summed E-state index contributed by atoms with van der Waals surface area (Å²) in [6.45, 7) is 2.05. The van der Waals surface area contributed by atoms with Crippen LogP contribution in [0.25, 0.3) is 21.0 Å². The van der Waals surface area contributed by atoms with E-state index in [1.54, 1.807) is 23.6 Å². The monoisotopic (exact) mass is 342 g/mol. The van der Waals surface area contributed by atoms with Crippen molar-refractivity contribution < 1.29 is 13.9 Å². The van der Waals surface area contributed by atoms with E-state index in [2.05, 4.69) is 15.7 Å². The smallest absolute Gasteiger partial charge is 0.167 e. The molecule has 0 saturated carbocycles. The summed E-state index contributed by atoms with van der Waals surface area (Å²) in [6, 6.07) is 7.40. The van der Waals surface area contributed by atoms with Crippen molar-refractivity contribution in [3.63, 3.8) is 0 Å². The third-order valence-corrected chi connectivity index (χ3v) is 5.00. The highest BCUT2D eigenvalue weighted by atomic mass is 32.1. The minimum absolute atomic E-state index is 0.00357. The second-order valence-corrected chi connectivity index (χ2v) is 6.46. The summed E-state index contributed by atoms with van der Waals surface area (Å²) < 4.78 is 28.3. The van der Waals surface area contributed by atoms with Crippen molar-refractivity contribution >= 4 is 43.7 Å². The number of aromatic nitrogens is 1. The number of aromatic hydroxyl groups is 1. The number of benzene rings is 2. The molecule has 0 atom stereocenters. The molecule has 0 unspecified atom stereocenters. The number of nitrogens with one attached hydrogen (secondary N) is 1. The maximum atomic E-state index is 13.9. The fourth-order valence-corrected chi connectivity index (χ4v) is 3.64. The highest BCUT2D eigenvalue weighted by Crippen LogP contribution is 2.34. The topological polar surface area (TPSA) is 45.1 Å². The van der Waals surface area contributed by atoms with Crippen molar-refractivity contribution in [2.75, 3.05) is 5.32 Å². The number of phenolic OH excluding ortho intramolecular Hbond substituents is 1. The van der Waals surface area contributed by atoms with Gasteiger partial charge in [0.15, 0.2) is 11.6 Å². The van der Waals surface area contributed by atoms with Gasteiger partial charge in [0.1, 0.15) is 5.82 Å². The Labute approximate surface area is 140 Å². The molecule has 0 saturated heterocycles. The van der Waals surface area contributed by atoms with Gasteiger partial charge in [-0.05, 0) is 41.5 Å². The van der Waals surface area contributed by atoms with Crippen LogP contribution in [-0.4, -0.2) is 10.1 Å². The Hall–Kier alpha value is -2.73. The molecule has 2 N–H and O–H groups in total. The lowest BCUT2D eigenvalue weighted by Gasteiger charge is -2.11. The molecule has 0 aliphatic heterocycles. The van der Waals surface area contributed by atoms with Crippen LogP contribution in [0.1, 0.15) is 5.56 Å². The quantitative estimate of drug-likeness (QED) is 0.507. The molecule has 6 heteroatoms. The van der Waals surface area contributed by atoms with Crippen molar-refractivity contribution in [3.05, 3.63) is 59.1 Å². The fraction of sp³-hybridized carbons (Fsp3) is 0.0556. The normalized spacial score (nSPS) is 11.3. The zero-order valence-corrected chi connectivity index (χ0v) is 13.4. The van der Waals surface area contributed by atoms with E-state index in [-0.39, 0.29) is 5.69 Å². The summed E-state index contributed by atoms with van der Waals surface area (Å²) in [6.07, 6.45) is 1.62.